The molecular formula is C15H15NOS. The van der Waals surface area contributed by atoms with Crippen LogP contribution >= 0.6 is 0 Å². The van der Waals surface area contributed by atoms with Crippen LogP contribution in [0.3, 0.4) is 0 Å². The van der Waals surface area contributed by atoms with E-state index in [9.17, 15) is 4.21 Å². The van der Waals surface area contributed by atoms with Crippen LogP contribution in [0.2, 0.25) is 0 Å². The van der Waals surface area contributed by atoms with Crippen LogP contribution < -0.4 is 0 Å². The molecule has 0 unspecified atom stereocenters. The van der Waals surface area contributed by atoms with Crippen LogP contribution in [-0.2, 0) is 9.73 Å². The lowest BCUT2D eigenvalue weighted by Crippen LogP contribution is -2.22. The van der Waals surface area contributed by atoms with Gasteiger partial charge in [-0.2, -0.15) is 4.36 Å². The van der Waals surface area contributed by atoms with Crippen molar-refractivity contribution in [2.45, 2.75) is 6.42 Å². The van der Waals surface area contributed by atoms with E-state index in [0.717, 1.165) is 34.7 Å². The van der Waals surface area contributed by atoms with Gasteiger partial charge in [-0.05, 0) is 29.7 Å². The summed E-state index contributed by atoms with van der Waals surface area (Å²) in [5, 5.41) is 0. The summed E-state index contributed by atoms with van der Waals surface area (Å²) in [5.74, 6) is 1.51. The summed E-state index contributed by atoms with van der Waals surface area (Å²) in [5.41, 5.74) is 3.12. The zero-order chi connectivity index (χ0) is 12.4. The molecular weight excluding hydrogens is 242 g/mol. The topological polar surface area (TPSA) is 29.4 Å². The van der Waals surface area contributed by atoms with E-state index >= 15 is 0 Å². The van der Waals surface area contributed by atoms with Crippen molar-refractivity contribution in [1.82, 2.24) is 0 Å². The van der Waals surface area contributed by atoms with Crippen LogP contribution in [0.5, 0.6) is 0 Å². The zero-order valence-corrected chi connectivity index (χ0v) is 10.9. The second-order valence-electron chi connectivity index (χ2n) is 4.54. The van der Waals surface area contributed by atoms with Gasteiger partial charge in [-0.3, -0.25) is 0 Å². The highest BCUT2D eigenvalue weighted by Crippen LogP contribution is 2.26. The average molecular weight is 257 g/mol. The Labute approximate surface area is 108 Å². The zero-order valence-electron chi connectivity index (χ0n) is 10.1. The molecule has 92 valence electrons. The van der Waals surface area contributed by atoms with Crippen molar-refractivity contribution in [3.8, 4) is 11.1 Å². The Kier molecular flexibility index (Phi) is 2.92. The lowest BCUT2D eigenvalue weighted by atomic mass is 10.1. The first kappa shape index (κ1) is 11.5. The quantitative estimate of drug-likeness (QED) is 0.803. The number of hydrogen-bond acceptors (Lipinski definition) is 2. The Morgan fingerprint density at radius 1 is 0.889 bits per heavy atom. The summed E-state index contributed by atoms with van der Waals surface area (Å²) in [6, 6.07) is 18.2. The first-order valence-corrected chi connectivity index (χ1v) is 7.99. The third-order valence-electron chi connectivity index (χ3n) is 3.15. The fraction of sp³-hybridized carbons (Fsp3) is 0.200. The highest BCUT2D eigenvalue weighted by molar-refractivity contribution is 7.95. The van der Waals surface area contributed by atoms with Crippen molar-refractivity contribution in [3.63, 3.8) is 0 Å². The third kappa shape index (κ3) is 2.31. The van der Waals surface area contributed by atoms with Gasteiger partial charge < -0.3 is 0 Å². The molecule has 0 spiro atoms. The molecule has 1 fully saturated rings. The predicted octanol–water partition coefficient (Wildman–Crippen LogP) is 3.86. The van der Waals surface area contributed by atoms with Gasteiger partial charge in [0, 0.05) is 11.5 Å². The number of benzene rings is 2. The number of nitrogens with zero attached hydrogens (tertiary/aromatic N) is 1. The van der Waals surface area contributed by atoms with Crippen LogP contribution in [-0.4, -0.2) is 15.7 Å². The smallest absolute Gasteiger partial charge is 0.0736 e. The molecule has 0 atom stereocenters. The van der Waals surface area contributed by atoms with E-state index in [2.05, 4.69) is 22.6 Å². The highest BCUT2D eigenvalue weighted by atomic mass is 32.2. The first-order valence-electron chi connectivity index (χ1n) is 6.13. The summed E-state index contributed by atoms with van der Waals surface area (Å²) < 4.78 is 16.5. The van der Waals surface area contributed by atoms with Gasteiger partial charge >= 0.3 is 0 Å². The SMILES string of the molecule is O=S1(=Nc2cccc(-c3ccccc3)c2)CCC1. The Bertz CT molecular complexity index is 660. The molecule has 1 heterocycles. The Morgan fingerprint density at radius 2 is 1.61 bits per heavy atom. The van der Waals surface area contributed by atoms with Crippen molar-refractivity contribution in [2.24, 2.45) is 4.36 Å². The molecule has 2 aromatic carbocycles. The van der Waals surface area contributed by atoms with Gasteiger partial charge in [0.2, 0.25) is 0 Å². The minimum absolute atomic E-state index is 0.753. The molecule has 1 aliphatic heterocycles. The Morgan fingerprint density at radius 3 is 2.28 bits per heavy atom. The molecule has 2 aromatic rings. The van der Waals surface area contributed by atoms with Crippen molar-refractivity contribution >= 4 is 15.4 Å². The predicted molar refractivity (Wildman–Crippen MR) is 76.5 cm³/mol. The summed E-state index contributed by atoms with van der Waals surface area (Å²) in [6.07, 6.45) is 1.04. The summed E-state index contributed by atoms with van der Waals surface area (Å²) in [4.78, 5) is 0. The molecule has 0 N–H and O–H groups in total. The van der Waals surface area contributed by atoms with Crippen LogP contribution in [0.25, 0.3) is 11.1 Å². The monoisotopic (exact) mass is 257 g/mol. The molecule has 3 heteroatoms. The van der Waals surface area contributed by atoms with E-state index in [-0.39, 0.29) is 0 Å². The van der Waals surface area contributed by atoms with Gasteiger partial charge in [-0.15, -0.1) is 0 Å². The molecule has 0 radical (unpaired) electrons. The summed E-state index contributed by atoms with van der Waals surface area (Å²) in [7, 11) is -1.92. The number of hydrogen-bond donors (Lipinski definition) is 0. The standard InChI is InChI=1S/C15H15NOS/c17-18(10-5-11-18)16-15-9-4-8-14(12-15)13-6-2-1-3-7-13/h1-4,6-9,12H,5,10-11H2. The molecule has 0 aliphatic carbocycles. The molecule has 18 heavy (non-hydrogen) atoms. The minimum atomic E-state index is -1.92. The van der Waals surface area contributed by atoms with Crippen molar-refractivity contribution < 1.29 is 4.21 Å². The molecule has 0 amide bonds. The highest BCUT2D eigenvalue weighted by Gasteiger charge is 2.19. The Hall–Kier alpha value is -1.61. The average Bonchev–Trinajstić information content (AvgIpc) is 2.38. The van der Waals surface area contributed by atoms with Crippen molar-refractivity contribution in [1.29, 1.82) is 0 Å². The van der Waals surface area contributed by atoms with E-state index in [4.69, 9.17) is 0 Å². The van der Waals surface area contributed by atoms with E-state index < -0.39 is 9.73 Å². The maximum atomic E-state index is 12.1. The molecule has 2 nitrogen and oxygen atoms in total. The van der Waals surface area contributed by atoms with Gasteiger partial charge in [-0.25, -0.2) is 4.21 Å². The third-order valence-corrected chi connectivity index (χ3v) is 5.55. The second kappa shape index (κ2) is 4.58. The fourth-order valence-corrected chi connectivity index (χ4v) is 3.51. The largest absolute Gasteiger partial charge is 0.249 e. The lowest BCUT2D eigenvalue weighted by Gasteiger charge is -2.17. The van der Waals surface area contributed by atoms with Gasteiger partial charge in [0.05, 0.1) is 15.4 Å². The second-order valence-corrected chi connectivity index (χ2v) is 7.09. The van der Waals surface area contributed by atoms with Crippen LogP contribution in [0.4, 0.5) is 5.69 Å². The van der Waals surface area contributed by atoms with Gasteiger partial charge in [0.1, 0.15) is 0 Å². The molecule has 0 bridgehead atoms. The normalized spacial score (nSPS) is 16.9. The van der Waals surface area contributed by atoms with E-state index in [1.165, 1.54) is 0 Å². The van der Waals surface area contributed by atoms with E-state index in [1.807, 2.05) is 36.4 Å². The lowest BCUT2D eigenvalue weighted by molar-refractivity contribution is 0.663. The first-order chi connectivity index (χ1) is 8.75. The van der Waals surface area contributed by atoms with Crippen molar-refractivity contribution in [3.05, 3.63) is 54.6 Å². The van der Waals surface area contributed by atoms with Crippen LogP contribution in [0, 0.1) is 0 Å². The number of rotatable bonds is 2. The molecule has 0 aromatic heterocycles. The summed E-state index contributed by atoms with van der Waals surface area (Å²) in [6.45, 7) is 0. The maximum absolute atomic E-state index is 12.1. The van der Waals surface area contributed by atoms with Gasteiger partial charge in [-0.1, -0.05) is 42.5 Å². The molecule has 3 rings (SSSR count). The molecule has 1 saturated heterocycles. The van der Waals surface area contributed by atoms with Gasteiger partial charge in [0.25, 0.3) is 0 Å². The summed E-state index contributed by atoms with van der Waals surface area (Å²) >= 11 is 0. The fourth-order valence-electron chi connectivity index (χ4n) is 2.05. The molecule has 1 aliphatic rings. The maximum Gasteiger partial charge on any atom is 0.0736 e. The van der Waals surface area contributed by atoms with E-state index in [0.29, 0.717) is 0 Å². The van der Waals surface area contributed by atoms with E-state index in [1.54, 1.807) is 0 Å². The van der Waals surface area contributed by atoms with Crippen LogP contribution in [0.15, 0.2) is 59.0 Å². The van der Waals surface area contributed by atoms with Crippen LogP contribution in [0.1, 0.15) is 6.42 Å². The van der Waals surface area contributed by atoms with Gasteiger partial charge in [0.15, 0.2) is 0 Å². The Balaban J connectivity index is 2.00. The van der Waals surface area contributed by atoms with Crippen molar-refractivity contribution in [2.75, 3.05) is 11.5 Å². The molecule has 0 saturated carbocycles. The minimum Gasteiger partial charge on any atom is -0.249 e.